The van der Waals surface area contributed by atoms with Crippen LogP contribution in [0.25, 0.3) is 10.9 Å². The number of primary amides is 3. The number of methoxy groups -OCH3 is 2. The summed E-state index contributed by atoms with van der Waals surface area (Å²) in [6.45, 7) is 15.2. The molecule has 7 aliphatic rings. The Morgan fingerprint density at radius 3 is 1.67 bits per heavy atom. The zero-order chi connectivity index (χ0) is 95.9. The standard InChI is InChI=1S/C43H55N5O7.C10H22Cl2N2O4.2C6H12Br2O4.C6H10N6O.C4H10N2.C3H7NO2.H2O4S/c1-6-39(52)21-25-22-42(38(51)55-5,33-27(13-17-47(23-25)24-39)26-11-8-9-12-30(26)45-33)29-19-28-31(20-32(29)54-4)46(3)35-41(28)15-18-48-16-10-14-40(7-2,34(41)48)36(49)43(35,53)37(44)50;11-1-3-13-5-7(15)9(17)10(18)8(16)6-14-4-2-12;2*7-1-3(9)5(11)6(12)4(10)2-8;1-12(2)11-10-6-4(5(7)13)8-3-9-6;1-2-6-4-3-5-1;1-2-6-3(4)5;1-5(2,3)4/h8-12,14,19-20,25,34-36,45,49,52-53H,6-7,13,15-18,21-24H2,1-5H3,(H2,44,50);7-10,13-18H,1-6H2;2*3-6,9-12H,1-2H2;3H,1-2H3,(H2,7,13)(H,8,9);5-6H,1-4H2;2H2,1H3,(H2,4,5);(H2,1,2,3,4)/t25-,34+,35-,36-,39+,40-,41-,42+,43+;7-,8-,9-,10-;3-,4-,5-,6-;;;;;/m111...../s1. The fourth-order valence-electron chi connectivity index (χ4n) is 17.1. The number of aromatic amines is 2. The summed E-state index contributed by atoms with van der Waals surface area (Å²) in [4.78, 5) is 66.0. The quantitative estimate of drug-likeness (QED) is 0.00491. The van der Waals surface area contributed by atoms with Crippen molar-refractivity contribution in [1.29, 1.82) is 0 Å². The summed E-state index contributed by atoms with van der Waals surface area (Å²) < 4.78 is 48.0. The highest BCUT2D eigenvalue weighted by molar-refractivity contribution is 9.09. The first-order valence-corrected chi connectivity index (χ1v) is 47.9. The molecule has 29 N–H and O–H groups in total. The van der Waals surface area contributed by atoms with Gasteiger partial charge in [-0.25, -0.2) is 9.78 Å². The molecule has 42 nitrogen and oxygen atoms in total. The van der Waals surface area contributed by atoms with Gasteiger partial charge in [0.15, 0.2) is 11.3 Å². The van der Waals surface area contributed by atoms with E-state index >= 15 is 4.79 Å². The summed E-state index contributed by atoms with van der Waals surface area (Å²) in [7, 11) is 3.64. The number of piperidine rings is 1. The zero-order valence-electron chi connectivity index (χ0n) is 72.1. The highest BCUT2D eigenvalue weighted by atomic mass is 79.9. The maximum Gasteiger partial charge on any atom is 0.404 e. The number of amides is 3. The van der Waals surface area contributed by atoms with Crippen molar-refractivity contribution in [3.8, 4) is 5.75 Å². The van der Waals surface area contributed by atoms with E-state index in [1.54, 1.807) is 28.1 Å². The van der Waals surface area contributed by atoms with Crippen LogP contribution >= 0.6 is 86.9 Å². The second kappa shape index (κ2) is 53.9. The Hall–Kier alpha value is -4.86. The minimum absolute atomic E-state index is 0.0790. The molecule has 5 unspecified atom stereocenters. The Morgan fingerprint density at radius 1 is 0.732 bits per heavy atom. The van der Waals surface area contributed by atoms with Crippen molar-refractivity contribution in [2.24, 2.45) is 38.9 Å². The summed E-state index contributed by atoms with van der Waals surface area (Å²) >= 11 is 22.6. The molecule has 2 aromatic heterocycles. The van der Waals surface area contributed by atoms with Crippen molar-refractivity contribution in [2.75, 3.05) is 165 Å². The number of halogens is 6. The number of hydrogen-bond donors (Lipinski definition) is 26. The molecular formula is C78H130Br4Cl2N16O26S. The lowest BCUT2D eigenvalue weighted by Gasteiger charge is -2.63. The van der Waals surface area contributed by atoms with Crippen LogP contribution in [0.4, 0.5) is 16.3 Å². The number of ether oxygens (including phenoxy) is 3. The lowest BCUT2D eigenvalue weighted by atomic mass is 9.47. The molecule has 3 saturated heterocycles. The van der Waals surface area contributed by atoms with E-state index in [0.29, 0.717) is 101 Å². The zero-order valence-corrected chi connectivity index (χ0v) is 80.8. The van der Waals surface area contributed by atoms with Crippen molar-refractivity contribution in [1.82, 2.24) is 51.0 Å². The summed E-state index contributed by atoms with van der Waals surface area (Å²) in [5, 5.41) is 171. The molecule has 8 heterocycles. The second-order valence-corrected chi connectivity index (χ2v) is 35.7. The van der Waals surface area contributed by atoms with Crippen LogP contribution in [0.2, 0.25) is 0 Å². The number of anilines is 1. The number of benzene rings is 2. The Bertz CT molecular complexity index is 4110. The highest BCUT2D eigenvalue weighted by Gasteiger charge is 2.78. The molecule has 1 aliphatic carbocycles. The van der Waals surface area contributed by atoms with Gasteiger partial charge in [0.2, 0.25) is 5.82 Å². The molecule has 3 amide bonds. The van der Waals surface area contributed by atoms with E-state index in [9.17, 15) is 70.6 Å². The van der Waals surface area contributed by atoms with Crippen LogP contribution in [0, 0.1) is 11.3 Å². The van der Waals surface area contributed by atoms with Crippen molar-refractivity contribution in [3.05, 3.63) is 83.0 Å². The first-order valence-electron chi connectivity index (χ1n) is 40.9. The van der Waals surface area contributed by atoms with Crippen LogP contribution in [0.5, 0.6) is 5.75 Å². The predicted molar refractivity (Wildman–Crippen MR) is 489 cm³/mol. The number of nitrogens with one attached hydrogen (secondary N) is 6. The van der Waals surface area contributed by atoms with E-state index in [-0.39, 0.29) is 57.9 Å². The van der Waals surface area contributed by atoms with Gasteiger partial charge in [-0.1, -0.05) is 113 Å². The number of aromatic nitrogens is 3. The van der Waals surface area contributed by atoms with Gasteiger partial charge in [-0.2, -0.15) is 8.42 Å². The van der Waals surface area contributed by atoms with Crippen LogP contribution in [-0.4, -0.2) is 411 Å². The maximum absolute atomic E-state index is 15.2. The van der Waals surface area contributed by atoms with Crippen LogP contribution in [0.15, 0.2) is 65.2 Å². The highest BCUT2D eigenvalue weighted by Crippen LogP contribution is 2.68. The van der Waals surface area contributed by atoms with E-state index in [2.05, 4.69) is 143 Å². The summed E-state index contributed by atoms with van der Waals surface area (Å²) in [6, 6.07) is 11.0. The molecule has 4 fully saturated rings. The fourth-order valence-corrected chi connectivity index (χ4v) is 18.9. The van der Waals surface area contributed by atoms with Gasteiger partial charge in [0.25, 0.3) is 11.8 Å². The van der Waals surface area contributed by atoms with E-state index < -0.39 is 147 Å². The third-order valence-electron chi connectivity index (χ3n) is 23.0. The molecule has 2 aromatic carbocycles. The number of rotatable bonds is 31. The number of aliphatic hydroxyl groups is 15. The summed E-state index contributed by atoms with van der Waals surface area (Å²) in [5.74, 6) is -0.641. The molecule has 127 heavy (non-hydrogen) atoms. The fraction of sp³-hybridized carbons (Fsp3) is 0.705. The minimum atomic E-state index is -4.67. The number of para-hydroxylation sites is 1. The van der Waals surface area contributed by atoms with Gasteiger partial charge in [0.05, 0.1) is 75.4 Å². The topological polar surface area (TPSA) is 682 Å². The van der Waals surface area contributed by atoms with Gasteiger partial charge in [-0.05, 0) is 81.2 Å². The minimum Gasteiger partial charge on any atom is -0.496 e. The summed E-state index contributed by atoms with van der Waals surface area (Å²) in [5.41, 5.74) is 14.5. The van der Waals surface area contributed by atoms with Gasteiger partial charge < -0.3 is 144 Å². The lowest BCUT2D eigenvalue weighted by Crippen LogP contribution is -2.81. The number of aliphatic hydroxyl groups excluding tert-OH is 13. The van der Waals surface area contributed by atoms with Crippen molar-refractivity contribution in [3.63, 3.8) is 0 Å². The van der Waals surface area contributed by atoms with Crippen molar-refractivity contribution < 1.29 is 128 Å². The van der Waals surface area contributed by atoms with E-state index in [1.165, 1.54) is 18.4 Å². The smallest absolute Gasteiger partial charge is 0.404 e. The molecular weight excluding hydrogens is 2000 g/mol. The number of nitrogens with two attached hydrogens (primary N) is 3. The van der Waals surface area contributed by atoms with Crippen molar-refractivity contribution in [2.45, 2.75) is 173 Å². The van der Waals surface area contributed by atoms with E-state index in [4.69, 9.17) is 82.1 Å². The monoisotopic (exact) mass is 2120 g/mol. The van der Waals surface area contributed by atoms with E-state index in [0.717, 1.165) is 72.7 Å². The van der Waals surface area contributed by atoms with Gasteiger partial charge in [-0.3, -0.25) is 38.3 Å². The first kappa shape index (κ1) is 114. The van der Waals surface area contributed by atoms with Crippen LogP contribution in [0.1, 0.15) is 85.7 Å². The average Bonchev–Trinajstić information content (AvgIpc) is 1.48. The number of imidazole rings is 1. The number of carbonyl (C=O) groups excluding carboxylic acids is 4. The second-order valence-electron chi connectivity index (χ2n) is 31.4. The van der Waals surface area contributed by atoms with Crippen LogP contribution < -0.4 is 48.1 Å². The normalized spacial score (nSPS) is 26.6. The molecule has 1 spiro atoms. The average molecular weight is 2130 g/mol. The molecule has 2 bridgehead atoms. The number of H-pyrrole nitrogens is 2. The predicted octanol–water partition coefficient (Wildman–Crippen LogP) is -2.04. The Kier molecular flexibility index (Phi) is 48.6. The Labute approximate surface area is 782 Å². The molecule has 6 aliphatic heterocycles. The van der Waals surface area contributed by atoms with Gasteiger partial charge in [0.1, 0.15) is 53.9 Å². The Balaban J connectivity index is 0.000000380. The molecule has 49 heteroatoms. The molecule has 1 saturated carbocycles. The molecule has 4 aromatic rings. The number of esters is 1. The van der Waals surface area contributed by atoms with Crippen molar-refractivity contribution >= 4 is 144 Å². The number of likely N-dealkylation sites (N-methyl/N-ethyl adjacent to an activating group) is 1. The summed E-state index contributed by atoms with van der Waals surface area (Å²) in [6.07, 6.45) is -8.45. The number of hydrogen-bond acceptors (Lipinski definition) is 34. The largest absolute Gasteiger partial charge is 0.496 e. The molecule has 726 valence electrons. The molecule has 11 rings (SSSR count). The number of piperazine rings is 1. The maximum atomic E-state index is 15.2. The number of alkyl halides is 6. The number of nitrogens with zero attached hydrogens (tertiary/aromatic N) is 7. The molecule has 22 atom stereocenters. The lowest BCUT2D eigenvalue weighted by molar-refractivity contribution is -0.201. The van der Waals surface area contributed by atoms with Gasteiger partial charge in [-0.15, -0.1) is 28.3 Å². The number of carbonyl (C=O) groups is 4. The van der Waals surface area contributed by atoms with E-state index in [1.807, 2.05) is 62.2 Å². The van der Waals surface area contributed by atoms with Gasteiger partial charge >= 0.3 is 22.5 Å². The van der Waals surface area contributed by atoms with Gasteiger partial charge in [0, 0.05) is 184 Å². The third kappa shape index (κ3) is 29.6. The number of fused-ring (bicyclic) bond motifs is 6. The van der Waals surface area contributed by atoms with Crippen LogP contribution in [-0.2, 0) is 46.7 Å². The Morgan fingerprint density at radius 2 is 1.24 bits per heavy atom. The molecule has 0 radical (unpaired) electrons. The van der Waals surface area contributed by atoms with Crippen LogP contribution in [0.3, 0.4) is 0 Å². The third-order valence-corrected chi connectivity index (χ3v) is 26.0. The SMILES string of the molecule is C1CNCCN1.CCOC(N)=O.CC[C@]1(O)C[C@H]2CN(CCc3c([nH]c4ccccc34)[C@@](C(=O)OC)(c3cc4c(cc3OC)N(C)[C@H]3[C@@](O)(C(N)=O)[C@H](O)[C@]5(CC)C=CCN6CC[C@]43[C@@H]65)C2)C1.CN(C)N=Nc1nc[nH]c1C(N)=O.O=S(=O)(O)O.OC(CBr)C(O)C(O)C(O)CBr.O[C@@H]([C@H](O)[C@H](O)CBr)[C@H](O)CBr.O[C@@H]([C@H](O)[C@H](O)CNCCCl)[C@H](O)CNCCCl. The first-order chi connectivity index (χ1) is 59.8.